The topological polar surface area (TPSA) is 155 Å². The Labute approximate surface area is 224 Å². The predicted octanol–water partition coefficient (Wildman–Crippen LogP) is 3.16. The lowest BCUT2D eigenvalue weighted by Gasteiger charge is -2.20. The zero-order valence-corrected chi connectivity index (χ0v) is 21.3. The molecule has 5 N–H and O–H groups in total. The second-order valence-electron chi connectivity index (χ2n) is 9.41. The van der Waals surface area contributed by atoms with Crippen molar-refractivity contribution in [2.75, 3.05) is 30.7 Å². The number of hydrogen-bond donors (Lipinski definition) is 4. The van der Waals surface area contributed by atoms with Gasteiger partial charge in [0.2, 0.25) is 5.43 Å². The number of carboxylic acid groups (broad SMARTS) is 1. The van der Waals surface area contributed by atoms with Crippen molar-refractivity contribution in [1.29, 1.82) is 0 Å². The lowest BCUT2D eigenvalue weighted by atomic mass is 10.1. The van der Waals surface area contributed by atoms with Crippen molar-refractivity contribution in [3.63, 3.8) is 0 Å². The molecule has 3 aromatic heterocycles. The number of fused-ring (bicyclic) bond motifs is 1. The molecule has 1 saturated heterocycles. The molecule has 1 fully saturated rings. The molecule has 0 atom stereocenters. The largest absolute Gasteiger partial charge is 0.477 e. The van der Waals surface area contributed by atoms with Gasteiger partial charge >= 0.3 is 12.0 Å². The summed E-state index contributed by atoms with van der Waals surface area (Å²) in [6.45, 7) is 3.40. The van der Waals surface area contributed by atoms with Crippen LogP contribution in [0.3, 0.4) is 0 Å². The molecule has 5 rings (SSSR count). The normalized spacial score (nSPS) is 13.4. The van der Waals surface area contributed by atoms with Crippen LogP contribution >= 0.6 is 0 Å². The van der Waals surface area contributed by atoms with Crippen LogP contribution in [0.2, 0.25) is 0 Å². The Bertz CT molecular complexity index is 1560. The van der Waals surface area contributed by atoms with Gasteiger partial charge in [-0.3, -0.25) is 9.78 Å². The number of carboxylic acids is 1. The highest BCUT2D eigenvalue weighted by atomic mass is 16.4. The van der Waals surface area contributed by atoms with Crippen LogP contribution in [0, 0.1) is 0 Å². The molecule has 2 amide bonds. The number of amides is 2. The van der Waals surface area contributed by atoms with E-state index in [1.54, 1.807) is 47.3 Å². The minimum Gasteiger partial charge on any atom is -0.477 e. The Morgan fingerprint density at radius 2 is 1.79 bits per heavy atom. The van der Waals surface area contributed by atoms with Crippen LogP contribution in [0.15, 0.2) is 65.7 Å². The van der Waals surface area contributed by atoms with Gasteiger partial charge in [0, 0.05) is 43.3 Å². The Hall–Kier alpha value is -4.77. The summed E-state index contributed by atoms with van der Waals surface area (Å²) in [6, 6.07) is 13.7. The molecule has 4 aromatic rings. The van der Waals surface area contributed by atoms with Crippen LogP contribution in [-0.2, 0) is 13.1 Å². The number of pyridine rings is 3. The van der Waals surface area contributed by atoms with E-state index in [9.17, 15) is 19.5 Å². The smallest absolute Gasteiger partial charge is 0.343 e. The van der Waals surface area contributed by atoms with Gasteiger partial charge in [0.1, 0.15) is 17.0 Å². The molecule has 0 aliphatic carbocycles. The number of aromatic carboxylic acids is 1. The van der Waals surface area contributed by atoms with Crippen molar-refractivity contribution < 1.29 is 14.7 Å². The molecule has 0 bridgehead atoms. The molecular formula is C28H29N7O4. The molecular weight excluding hydrogens is 498 g/mol. The summed E-state index contributed by atoms with van der Waals surface area (Å²) < 4.78 is 1.63. The lowest BCUT2D eigenvalue weighted by Crippen LogP contribution is -2.29. The summed E-state index contributed by atoms with van der Waals surface area (Å²) in [6.07, 6.45) is 5.61. The quantitative estimate of drug-likeness (QED) is 0.272. The summed E-state index contributed by atoms with van der Waals surface area (Å²) in [5, 5.41) is 15.4. The minimum absolute atomic E-state index is 0.0966. The number of carbonyl (C=O) groups excluding carboxylic acids is 1. The van der Waals surface area contributed by atoms with E-state index in [-0.39, 0.29) is 17.2 Å². The average Bonchev–Trinajstić information content (AvgIpc) is 3.46. The molecule has 0 spiro atoms. The van der Waals surface area contributed by atoms with Crippen molar-refractivity contribution in [2.24, 2.45) is 0 Å². The van der Waals surface area contributed by atoms with Crippen molar-refractivity contribution >= 4 is 34.5 Å². The molecule has 1 aliphatic rings. The zero-order valence-electron chi connectivity index (χ0n) is 21.3. The van der Waals surface area contributed by atoms with E-state index >= 15 is 0 Å². The SMILES string of the molecule is Nc1c(C(=O)O)c(=O)c2ccc(-c3ccc(NC(=O)NCc4cccnc4)cc3)nc2n1CCN1CCCC1. The fourth-order valence-corrected chi connectivity index (χ4v) is 4.76. The first kappa shape index (κ1) is 25.9. The number of likely N-dealkylation sites (tertiary alicyclic amines) is 1. The minimum atomic E-state index is -1.36. The molecule has 1 aromatic carbocycles. The summed E-state index contributed by atoms with van der Waals surface area (Å²) in [7, 11) is 0. The number of benzene rings is 1. The van der Waals surface area contributed by atoms with Crippen LogP contribution < -0.4 is 21.8 Å². The van der Waals surface area contributed by atoms with Crippen molar-refractivity contribution in [3.8, 4) is 11.3 Å². The van der Waals surface area contributed by atoms with Crippen LogP contribution in [-0.4, -0.2) is 56.2 Å². The maximum Gasteiger partial charge on any atom is 0.343 e. The van der Waals surface area contributed by atoms with Gasteiger partial charge in [-0.1, -0.05) is 18.2 Å². The summed E-state index contributed by atoms with van der Waals surface area (Å²) >= 11 is 0. The molecule has 11 heteroatoms. The first-order valence-electron chi connectivity index (χ1n) is 12.7. The summed E-state index contributed by atoms with van der Waals surface area (Å²) in [5.41, 5.74) is 8.33. The number of rotatable bonds is 8. The highest BCUT2D eigenvalue weighted by Crippen LogP contribution is 2.24. The van der Waals surface area contributed by atoms with Gasteiger partial charge in [-0.05, 0) is 61.8 Å². The second kappa shape index (κ2) is 11.3. The van der Waals surface area contributed by atoms with Gasteiger partial charge in [-0.2, -0.15) is 0 Å². The molecule has 0 unspecified atom stereocenters. The predicted molar refractivity (Wildman–Crippen MR) is 149 cm³/mol. The van der Waals surface area contributed by atoms with E-state index < -0.39 is 17.0 Å². The maximum atomic E-state index is 13.0. The van der Waals surface area contributed by atoms with E-state index in [4.69, 9.17) is 10.7 Å². The van der Waals surface area contributed by atoms with Crippen LogP contribution in [0.1, 0.15) is 28.8 Å². The summed E-state index contributed by atoms with van der Waals surface area (Å²) in [5.74, 6) is -1.45. The number of hydrogen-bond acceptors (Lipinski definition) is 7. The molecule has 11 nitrogen and oxygen atoms in total. The van der Waals surface area contributed by atoms with Crippen molar-refractivity contribution in [3.05, 3.63) is 82.3 Å². The van der Waals surface area contributed by atoms with Crippen LogP contribution in [0.5, 0.6) is 0 Å². The first-order chi connectivity index (χ1) is 18.9. The second-order valence-corrected chi connectivity index (χ2v) is 9.41. The fraction of sp³-hybridized carbons (Fsp3) is 0.250. The van der Waals surface area contributed by atoms with E-state index in [2.05, 4.69) is 20.5 Å². The molecule has 200 valence electrons. The number of nitrogens with zero attached hydrogens (tertiary/aromatic N) is 4. The monoisotopic (exact) mass is 527 g/mol. The Morgan fingerprint density at radius 3 is 2.49 bits per heavy atom. The van der Waals surface area contributed by atoms with Crippen LogP contribution in [0.25, 0.3) is 22.3 Å². The first-order valence-corrected chi connectivity index (χ1v) is 12.7. The number of nitrogens with two attached hydrogens (primary N) is 1. The van der Waals surface area contributed by atoms with E-state index in [0.717, 1.165) is 37.1 Å². The van der Waals surface area contributed by atoms with Gasteiger partial charge in [0.25, 0.3) is 0 Å². The highest BCUT2D eigenvalue weighted by molar-refractivity contribution is 5.97. The third-order valence-electron chi connectivity index (χ3n) is 6.82. The van der Waals surface area contributed by atoms with Gasteiger partial charge in [0.05, 0.1) is 11.1 Å². The number of anilines is 2. The molecule has 1 aliphatic heterocycles. The van der Waals surface area contributed by atoms with Gasteiger partial charge in [-0.25, -0.2) is 14.6 Å². The number of aromatic nitrogens is 3. The molecule has 39 heavy (non-hydrogen) atoms. The number of urea groups is 1. The molecule has 0 radical (unpaired) electrons. The van der Waals surface area contributed by atoms with E-state index in [1.807, 2.05) is 18.2 Å². The van der Waals surface area contributed by atoms with E-state index in [0.29, 0.717) is 36.7 Å². The third-order valence-corrected chi connectivity index (χ3v) is 6.82. The Balaban J connectivity index is 1.39. The van der Waals surface area contributed by atoms with Crippen LogP contribution in [0.4, 0.5) is 16.3 Å². The van der Waals surface area contributed by atoms with Gasteiger partial charge in [0.15, 0.2) is 0 Å². The fourth-order valence-electron chi connectivity index (χ4n) is 4.76. The third kappa shape index (κ3) is 5.73. The van der Waals surface area contributed by atoms with Gasteiger partial charge in [-0.15, -0.1) is 0 Å². The highest BCUT2D eigenvalue weighted by Gasteiger charge is 2.22. The summed E-state index contributed by atoms with van der Waals surface area (Å²) in [4.78, 5) is 48.1. The van der Waals surface area contributed by atoms with E-state index in [1.165, 1.54) is 0 Å². The zero-order chi connectivity index (χ0) is 27.4. The van der Waals surface area contributed by atoms with Crippen molar-refractivity contribution in [2.45, 2.75) is 25.9 Å². The molecule has 4 heterocycles. The molecule has 0 saturated carbocycles. The number of nitrogen functional groups attached to an aromatic ring is 1. The average molecular weight is 528 g/mol. The standard InChI is InChI=1S/C28H29N7O4/c29-25-23(27(37)38)24(36)21-9-10-22(33-26(21)35(25)15-14-34-12-1-2-13-34)19-5-7-20(8-6-19)32-28(39)31-17-18-4-3-11-30-16-18/h3-11,16H,1-2,12-15,17,29H2,(H,37,38)(H2,31,32,39). The maximum absolute atomic E-state index is 13.0. The lowest BCUT2D eigenvalue weighted by molar-refractivity contribution is 0.0696. The Kier molecular flexibility index (Phi) is 7.50. The van der Waals surface area contributed by atoms with Gasteiger partial charge < -0.3 is 30.9 Å². The number of nitrogens with one attached hydrogen (secondary N) is 2. The number of carbonyl (C=O) groups is 2. The van der Waals surface area contributed by atoms with Crippen molar-refractivity contribution in [1.82, 2.24) is 24.8 Å². The Morgan fingerprint density at radius 1 is 1.03 bits per heavy atom.